The summed E-state index contributed by atoms with van der Waals surface area (Å²) in [4.78, 5) is 12.4. The molecule has 1 aliphatic rings. The normalized spacial score (nSPS) is 15.7. The summed E-state index contributed by atoms with van der Waals surface area (Å²) in [7, 11) is -3.38. The lowest BCUT2D eigenvalue weighted by atomic mass is 9.97. The first-order valence-electron chi connectivity index (χ1n) is 10.3. The lowest BCUT2D eigenvalue weighted by Crippen LogP contribution is -2.43. The molecule has 1 aliphatic heterocycles. The van der Waals surface area contributed by atoms with Crippen molar-refractivity contribution < 1.29 is 17.9 Å². The van der Waals surface area contributed by atoms with E-state index < -0.39 is 10.0 Å². The number of nitrogens with one attached hydrogen (secondary N) is 1. The third kappa shape index (κ3) is 6.31. The van der Waals surface area contributed by atoms with E-state index in [1.54, 1.807) is 0 Å². The third-order valence-electron chi connectivity index (χ3n) is 5.31. The molecule has 1 heterocycles. The van der Waals surface area contributed by atoms with E-state index in [-0.39, 0.29) is 17.6 Å². The molecule has 0 atom stereocenters. The number of benzene rings is 2. The highest BCUT2D eigenvalue weighted by atomic mass is 32.2. The number of hydrogen-bond donors (Lipinski definition) is 1. The van der Waals surface area contributed by atoms with Gasteiger partial charge < -0.3 is 10.1 Å². The van der Waals surface area contributed by atoms with Crippen LogP contribution in [0.2, 0.25) is 0 Å². The number of piperidine rings is 1. The molecule has 0 spiro atoms. The molecule has 30 heavy (non-hydrogen) atoms. The maximum atomic E-state index is 12.7. The lowest BCUT2D eigenvalue weighted by Gasteiger charge is -2.30. The molecule has 1 N–H and O–H groups in total. The maximum Gasteiger partial charge on any atom is 0.223 e. The van der Waals surface area contributed by atoms with Crippen molar-refractivity contribution in [1.29, 1.82) is 0 Å². The first kappa shape index (κ1) is 22.3. The quantitative estimate of drug-likeness (QED) is 0.653. The molecule has 0 aromatic heterocycles. The highest BCUT2D eigenvalue weighted by Gasteiger charge is 2.31. The lowest BCUT2D eigenvalue weighted by molar-refractivity contribution is -0.126. The fourth-order valence-corrected chi connectivity index (χ4v) is 5.24. The second kappa shape index (κ2) is 10.1. The fraction of sp³-hybridized carbons (Fsp3) is 0.435. The predicted octanol–water partition coefficient (Wildman–Crippen LogP) is 3.04. The summed E-state index contributed by atoms with van der Waals surface area (Å²) in [5.41, 5.74) is 2.97. The summed E-state index contributed by atoms with van der Waals surface area (Å²) < 4.78 is 32.6. The summed E-state index contributed by atoms with van der Waals surface area (Å²) >= 11 is 0. The van der Waals surface area contributed by atoms with Crippen molar-refractivity contribution >= 4 is 15.9 Å². The van der Waals surface area contributed by atoms with Crippen LogP contribution in [0, 0.1) is 19.8 Å². The first-order chi connectivity index (χ1) is 14.3. The van der Waals surface area contributed by atoms with Crippen molar-refractivity contribution in [2.24, 2.45) is 5.92 Å². The van der Waals surface area contributed by atoms with Gasteiger partial charge in [-0.1, -0.05) is 42.0 Å². The molecular formula is C23H30N2O4S. The van der Waals surface area contributed by atoms with Crippen LogP contribution in [0.4, 0.5) is 0 Å². The molecule has 162 valence electrons. The number of aryl methyl sites for hydroxylation is 2. The number of hydrogen-bond acceptors (Lipinski definition) is 4. The van der Waals surface area contributed by atoms with Crippen molar-refractivity contribution in [2.45, 2.75) is 32.4 Å². The summed E-state index contributed by atoms with van der Waals surface area (Å²) in [6.45, 7) is 5.55. The monoisotopic (exact) mass is 430 g/mol. The Kier molecular flexibility index (Phi) is 7.50. The Bertz CT molecular complexity index is 967. The highest BCUT2D eigenvalue weighted by molar-refractivity contribution is 7.88. The SMILES string of the molecule is Cc1cccc(CS(=O)(=O)N2CCC(C(=O)NCCOc3cccc(C)c3)CC2)c1. The average Bonchev–Trinajstić information content (AvgIpc) is 2.71. The molecule has 7 heteroatoms. The zero-order chi connectivity index (χ0) is 21.6. The summed E-state index contributed by atoms with van der Waals surface area (Å²) in [5, 5.41) is 2.90. The molecule has 6 nitrogen and oxygen atoms in total. The zero-order valence-corrected chi connectivity index (χ0v) is 18.5. The van der Waals surface area contributed by atoms with Gasteiger partial charge >= 0.3 is 0 Å². The molecule has 2 aromatic rings. The van der Waals surface area contributed by atoms with Crippen LogP contribution in [0.1, 0.15) is 29.5 Å². The Morgan fingerprint density at radius 3 is 2.40 bits per heavy atom. The number of carbonyl (C=O) groups is 1. The topological polar surface area (TPSA) is 75.7 Å². The standard InChI is InChI=1S/C23H30N2O4S/c1-18-5-3-7-20(15-18)17-30(27,28)25-12-9-21(10-13-25)23(26)24-11-14-29-22-8-4-6-19(2)16-22/h3-8,15-16,21H,9-14,17H2,1-2H3,(H,24,26). The molecule has 0 aliphatic carbocycles. The van der Waals surface area contributed by atoms with Crippen LogP contribution in [0.15, 0.2) is 48.5 Å². The number of sulfonamides is 1. The van der Waals surface area contributed by atoms with Crippen LogP contribution in [0.25, 0.3) is 0 Å². The van der Waals surface area contributed by atoms with Crippen molar-refractivity contribution in [1.82, 2.24) is 9.62 Å². The van der Waals surface area contributed by atoms with Crippen LogP contribution < -0.4 is 10.1 Å². The summed E-state index contributed by atoms with van der Waals surface area (Å²) in [6, 6.07) is 15.3. The van der Waals surface area contributed by atoms with E-state index >= 15 is 0 Å². The van der Waals surface area contributed by atoms with Crippen LogP contribution in [-0.4, -0.2) is 44.9 Å². The second-order valence-electron chi connectivity index (χ2n) is 7.87. The van der Waals surface area contributed by atoms with Crippen molar-refractivity contribution in [3.63, 3.8) is 0 Å². The Morgan fingerprint density at radius 1 is 1.07 bits per heavy atom. The van der Waals surface area contributed by atoms with Gasteiger partial charge in [0.2, 0.25) is 15.9 Å². The average molecular weight is 431 g/mol. The fourth-order valence-electron chi connectivity index (χ4n) is 3.69. The van der Waals surface area contributed by atoms with Gasteiger partial charge in [-0.25, -0.2) is 12.7 Å². The minimum Gasteiger partial charge on any atom is -0.492 e. The Balaban J connectivity index is 1.41. The van der Waals surface area contributed by atoms with Gasteiger partial charge in [0.25, 0.3) is 0 Å². The van der Waals surface area contributed by atoms with E-state index in [9.17, 15) is 13.2 Å². The highest BCUT2D eigenvalue weighted by Crippen LogP contribution is 2.22. The molecule has 0 unspecified atom stereocenters. The van der Waals surface area contributed by atoms with E-state index in [4.69, 9.17) is 4.74 Å². The van der Waals surface area contributed by atoms with Crippen molar-refractivity contribution in [3.8, 4) is 5.75 Å². The smallest absolute Gasteiger partial charge is 0.223 e. The molecular weight excluding hydrogens is 400 g/mol. The third-order valence-corrected chi connectivity index (χ3v) is 7.16. The Morgan fingerprint density at radius 2 is 1.73 bits per heavy atom. The Labute approximate surface area is 179 Å². The van der Waals surface area contributed by atoms with Gasteiger partial charge in [-0.05, 0) is 49.9 Å². The number of rotatable bonds is 8. The molecule has 2 aromatic carbocycles. The Hall–Kier alpha value is -2.38. The van der Waals surface area contributed by atoms with Gasteiger partial charge in [0.1, 0.15) is 12.4 Å². The van der Waals surface area contributed by atoms with Crippen LogP contribution >= 0.6 is 0 Å². The molecule has 0 radical (unpaired) electrons. The van der Waals surface area contributed by atoms with Crippen LogP contribution in [0.3, 0.4) is 0 Å². The van der Waals surface area contributed by atoms with Gasteiger partial charge in [-0.2, -0.15) is 0 Å². The molecule has 0 bridgehead atoms. The number of ether oxygens (including phenoxy) is 1. The molecule has 1 fully saturated rings. The zero-order valence-electron chi connectivity index (χ0n) is 17.6. The molecule has 1 amide bonds. The largest absolute Gasteiger partial charge is 0.492 e. The van der Waals surface area contributed by atoms with E-state index in [2.05, 4.69) is 5.32 Å². The van der Waals surface area contributed by atoms with Crippen LogP contribution in [0.5, 0.6) is 5.75 Å². The molecule has 0 saturated carbocycles. The molecule has 1 saturated heterocycles. The van der Waals surface area contributed by atoms with Gasteiger partial charge in [0, 0.05) is 19.0 Å². The van der Waals surface area contributed by atoms with E-state index in [0.29, 0.717) is 39.1 Å². The summed E-state index contributed by atoms with van der Waals surface area (Å²) in [5.74, 6) is 0.603. The van der Waals surface area contributed by atoms with Gasteiger partial charge in [0.15, 0.2) is 0 Å². The van der Waals surface area contributed by atoms with Gasteiger partial charge in [-0.3, -0.25) is 4.79 Å². The summed E-state index contributed by atoms with van der Waals surface area (Å²) in [6.07, 6.45) is 1.08. The molecule has 3 rings (SSSR count). The van der Waals surface area contributed by atoms with Gasteiger partial charge in [-0.15, -0.1) is 0 Å². The maximum absolute atomic E-state index is 12.7. The van der Waals surface area contributed by atoms with Crippen molar-refractivity contribution in [2.75, 3.05) is 26.2 Å². The van der Waals surface area contributed by atoms with Crippen molar-refractivity contribution in [3.05, 3.63) is 65.2 Å². The minimum atomic E-state index is -3.38. The van der Waals surface area contributed by atoms with Crippen LogP contribution in [-0.2, 0) is 20.6 Å². The minimum absolute atomic E-state index is 0.00183. The van der Waals surface area contributed by atoms with E-state index in [1.165, 1.54) is 4.31 Å². The number of carbonyl (C=O) groups excluding carboxylic acids is 1. The number of amides is 1. The first-order valence-corrected chi connectivity index (χ1v) is 11.9. The van der Waals surface area contributed by atoms with Gasteiger partial charge in [0.05, 0.1) is 12.3 Å². The second-order valence-corrected chi connectivity index (χ2v) is 9.84. The number of nitrogens with zero attached hydrogens (tertiary/aromatic N) is 1. The van der Waals surface area contributed by atoms with E-state index in [0.717, 1.165) is 22.4 Å². The van der Waals surface area contributed by atoms with E-state index in [1.807, 2.05) is 62.4 Å². The predicted molar refractivity (Wildman–Crippen MR) is 118 cm³/mol.